The van der Waals surface area contributed by atoms with Crippen LogP contribution in [0.25, 0.3) is 0 Å². The lowest BCUT2D eigenvalue weighted by molar-refractivity contribution is -0.125. The van der Waals surface area contributed by atoms with Crippen LogP contribution in [-0.4, -0.2) is 43.1 Å². The second-order valence-electron chi connectivity index (χ2n) is 6.93. The van der Waals surface area contributed by atoms with Crippen LogP contribution in [0.5, 0.6) is 0 Å². The van der Waals surface area contributed by atoms with Crippen LogP contribution in [0.4, 0.5) is 4.79 Å². The number of nitrogens with one attached hydrogen (secondary N) is 3. The molecule has 23 heavy (non-hydrogen) atoms. The fourth-order valence-electron chi connectivity index (χ4n) is 1.58. The Bertz CT molecular complexity index is 412. The third kappa shape index (κ3) is 10.5. The minimum Gasteiger partial charge on any atom is -0.444 e. The van der Waals surface area contributed by atoms with Crippen LogP contribution in [0.2, 0.25) is 0 Å². The van der Waals surface area contributed by atoms with Crippen LogP contribution in [0.3, 0.4) is 0 Å². The normalized spacial score (nSPS) is 11.6. The zero-order valence-corrected chi connectivity index (χ0v) is 15.2. The Morgan fingerprint density at radius 2 is 1.30 bits per heavy atom. The number of amides is 3. The molecule has 3 N–H and O–H groups in total. The fraction of sp³-hybridized carbons (Fsp3) is 0.812. The van der Waals surface area contributed by atoms with Crippen molar-refractivity contribution in [3.05, 3.63) is 0 Å². The number of carbonyl (C=O) groups is 3. The molecule has 0 radical (unpaired) electrons. The average Bonchev–Trinajstić information content (AvgIpc) is 2.46. The van der Waals surface area contributed by atoms with Crippen molar-refractivity contribution < 1.29 is 19.1 Å². The first kappa shape index (κ1) is 21.2. The molecule has 134 valence electrons. The summed E-state index contributed by atoms with van der Waals surface area (Å²) in [5, 5.41) is 7.59. The van der Waals surface area contributed by atoms with Crippen LogP contribution in [-0.2, 0) is 14.3 Å². The van der Waals surface area contributed by atoms with E-state index < -0.39 is 17.6 Å². The lowest BCUT2D eigenvalue weighted by Crippen LogP contribution is -2.44. The van der Waals surface area contributed by atoms with E-state index in [9.17, 15) is 14.4 Å². The maximum Gasteiger partial charge on any atom is 0.408 e. The number of carbonyl (C=O) groups excluding carboxylic acids is 3. The quantitative estimate of drug-likeness (QED) is 0.630. The molecule has 0 aromatic heterocycles. The maximum absolute atomic E-state index is 11.7. The van der Waals surface area contributed by atoms with E-state index in [1.807, 2.05) is 0 Å². The van der Waals surface area contributed by atoms with Gasteiger partial charge in [0.05, 0.1) is 6.54 Å². The van der Waals surface area contributed by atoms with Crippen LogP contribution in [0, 0.1) is 5.41 Å². The van der Waals surface area contributed by atoms with Gasteiger partial charge < -0.3 is 20.7 Å². The summed E-state index contributed by atoms with van der Waals surface area (Å²) >= 11 is 0. The van der Waals surface area contributed by atoms with E-state index >= 15 is 0 Å². The molecule has 0 bridgehead atoms. The van der Waals surface area contributed by atoms with Gasteiger partial charge in [0.1, 0.15) is 12.1 Å². The zero-order valence-electron chi connectivity index (χ0n) is 15.2. The van der Waals surface area contributed by atoms with Gasteiger partial charge >= 0.3 is 6.09 Å². The fourth-order valence-corrected chi connectivity index (χ4v) is 1.58. The highest BCUT2D eigenvalue weighted by Crippen LogP contribution is 2.23. The Hall–Kier alpha value is -1.79. The number of hydrogen-bond donors (Lipinski definition) is 3. The van der Waals surface area contributed by atoms with Crippen LogP contribution in [0.1, 0.15) is 54.4 Å². The summed E-state index contributed by atoms with van der Waals surface area (Å²) in [6.45, 7) is 11.7. The average molecular weight is 329 g/mol. The highest BCUT2D eigenvalue weighted by molar-refractivity contribution is 5.87. The van der Waals surface area contributed by atoms with Gasteiger partial charge in [-0.25, -0.2) is 4.79 Å². The Morgan fingerprint density at radius 1 is 0.826 bits per heavy atom. The van der Waals surface area contributed by atoms with Crippen molar-refractivity contribution in [3.63, 3.8) is 0 Å². The maximum atomic E-state index is 11.7. The molecule has 0 aliphatic heterocycles. The molecule has 0 spiro atoms. The molecule has 7 nitrogen and oxygen atoms in total. The van der Waals surface area contributed by atoms with Gasteiger partial charge in [-0.05, 0) is 39.0 Å². The van der Waals surface area contributed by atoms with Gasteiger partial charge in [0.25, 0.3) is 0 Å². The molecule has 0 saturated heterocycles. The molecule has 0 unspecified atom stereocenters. The molecule has 0 aliphatic carbocycles. The van der Waals surface area contributed by atoms with Crippen molar-refractivity contribution in [3.8, 4) is 0 Å². The highest BCUT2D eigenvalue weighted by atomic mass is 16.6. The smallest absolute Gasteiger partial charge is 0.408 e. The summed E-state index contributed by atoms with van der Waals surface area (Å²) in [4.78, 5) is 34.7. The number of alkyl carbamates (subject to hydrolysis) is 1. The van der Waals surface area contributed by atoms with E-state index in [0.29, 0.717) is 6.54 Å². The molecule has 0 fully saturated rings. The largest absolute Gasteiger partial charge is 0.444 e. The van der Waals surface area contributed by atoms with Gasteiger partial charge in [0, 0.05) is 6.54 Å². The topological polar surface area (TPSA) is 96.5 Å². The van der Waals surface area contributed by atoms with Crippen molar-refractivity contribution in [2.24, 2.45) is 5.41 Å². The molecule has 0 aliphatic rings. The lowest BCUT2D eigenvalue weighted by atomic mass is 9.85. The molecule has 0 rings (SSSR count). The Labute approximate surface area is 138 Å². The molecule has 7 heteroatoms. The molecule has 0 aromatic rings. The van der Waals surface area contributed by atoms with Crippen LogP contribution < -0.4 is 16.0 Å². The summed E-state index contributed by atoms with van der Waals surface area (Å²) in [5.41, 5.74) is -0.552. The van der Waals surface area contributed by atoms with E-state index in [-0.39, 0.29) is 24.4 Å². The number of ether oxygens (including phenoxy) is 1. The van der Waals surface area contributed by atoms with Crippen molar-refractivity contribution in [2.45, 2.75) is 60.0 Å². The number of rotatable bonds is 8. The van der Waals surface area contributed by atoms with Gasteiger partial charge in [-0.3, -0.25) is 9.59 Å². The monoisotopic (exact) mass is 329 g/mol. The first-order valence-electron chi connectivity index (χ1n) is 8.01. The van der Waals surface area contributed by atoms with Gasteiger partial charge in [-0.1, -0.05) is 20.8 Å². The predicted molar refractivity (Wildman–Crippen MR) is 88.9 cm³/mol. The highest BCUT2D eigenvalue weighted by Gasteiger charge is 2.20. The summed E-state index contributed by atoms with van der Waals surface area (Å²) in [5.74, 6) is -0.691. The molecular weight excluding hydrogens is 298 g/mol. The van der Waals surface area contributed by atoms with Crippen LogP contribution in [0.15, 0.2) is 0 Å². The molecule has 0 saturated carbocycles. The second kappa shape index (κ2) is 9.37. The van der Waals surface area contributed by atoms with Crippen molar-refractivity contribution in [1.29, 1.82) is 0 Å². The SMILES string of the molecule is CCC(C)(CC)CNC(=O)CNC(=O)CNC(=O)OC(C)(C)C. The van der Waals surface area contributed by atoms with Gasteiger partial charge in [0.2, 0.25) is 11.8 Å². The molecule has 0 heterocycles. The summed E-state index contributed by atoms with van der Waals surface area (Å²) in [7, 11) is 0. The van der Waals surface area contributed by atoms with Gasteiger partial charge in [-0.15, -0.1) is 0 Å². The van der Waals surface area contributed by atoms with Gasteiger partial charge in [0.15, 0.2) is 0 Å². The van der Waals surface area contributed by atoms with E-state index in [0.717, 1.165) is 12.8 Å². The lowest BCUT2D eigenvalue weighted by Gasteiger charge is -2.26. The van der Waals surface area contributed by atoms with Crippen molar-refractivity contribution in [2.75, 3.05) is 19.6 Å². The predicted octanol–water partition coefficient (Wildman–Crippen LogP) is 1.57. The van der Waals surface area contributed by atoms with E-state index in [1.54, 1.807) is 20.8 Å². The standard InChI is InChI=1S/C16H31N3O4/c1-7-16(6,8-2)11-19-13(21)9-17-12(20)10-18-14(22)23-15(3,4)5/h7-11H2,1-6H3,(H,17,20)(H,18,22)(H,19,21). The Morgan fingerprint density at radius 3 is 1.78 bits per heavy atom. The van der Waals surface area contributed by atoms with Crippen molar-refractivity contribution in [1.82, 2.24) is 16.0 Å². The van der Waals surface area contributed by atoms with Gasteiger partial charge in [-0.2, -0.15) is 0 Å². The molecule has 3 amide bonds. The van der Waals surface area contributed by atoms with Crippen molar-refractivity contribution >= 4 is 17.9 Å². The zero-order chi connectivity index (χ0) is 18.1. The summed E-state index contributed by atoms with van der Waals surface area (Å²) in [6, 6.07) is 0. The summed E-state index contributed by atoms with van der Waals surface area (Å²) in [6.07, 6.45) is 1.27. The second-order valence-corrected chi connectivity index (χ2v) is 6.93. The molecular formula is C16H31N3O4. The minimum absolute atomic E-state index is 0.0674. The third-order valence-electron chi connectivity index (χ3n) is 3.66. The Balaban J connectivity index is 3.97. The minimum atomic E-state index is -0.668. The first-order chi connectivity index (χ1) is 10.5. The van der Waals surface area contributed by atoms with E-state index in [1.165, 1.54) is 0 Å². The van der Waals surface area contributed by atoms with E-state index in [4.69, 9.17) is 4.74 Å². The number of hydrogen-bond acceptors (Lipinski definition) is 4. The molecule has 0 aromatic carbocycles. The molecule has 0 atom stereocenters. The third-order valence-corrected chi connectivity index (χ3v) is 3.66. The van der Waals surface area contributed by atoms with E-state index in [2.05, 4.69) is 36.7 Å². The Kier molecular flexibility index (Phi) is 8.64. The first-order valence-corrected chi connectivity index (χ1v) is 8.01. The summed E-state index contributed by atoms with van der Waals surface area (Å²) < 4.78 is 5.01. The van der Waals surface area contributed by atoms with Crippen LogP contribution >= 0.6 is 0 Å².